The number of anilines is 1. The third kappa shape index (κ3) is 4.55. The summed E-state index contributed by atoms with van der Waals surface area (Å²) in [5.41, 5.74) is 2.02. The molecule has 0 bridgehead atoms. The fourth-order valence-electron chi connectivity index (χ4n) is 2.27. The van der Waals surface area contributed by atoms with Gasteiger partial charge < -0.3 is 19.9 Å². The monoisotopic (exact) mass is 361 g/mol. The third-order valence-corrected chi connectivity index (χ3v) is 3.75. The standard InChI is InChI=1S/C21H15NO5/c23-18-11-12-27-19(20(18)24)13-22-17-9-5-15(6-10-17)2-1-14-3-7-16(8-4-14)21(25)26/h3-12,22,24H,13H2,(H,25,26). The topological polar surface area (TPSA) is 99.8 Å². The van der Waals surface area contributed by atoms with Gasteiger partial charge in [0.05, 0.1) is 18.4 Å². The molecule has 1 heterocycles. The first-order valence-corrected chi connectivity index (χ1v) is 8.02. The minimum absolute atomic E-state index is 0.163. The van der Waals surface area contributed by atoms with Crippen molar-refractivity contribution >= 4 is 11.7 Å². The van der Waals surface area contributed by atoms with E-state index in [1.54, 1.807) is 12.1 Å². The van der Waals surface area contributed by atoms with Gasteiger partial charge in [0.1, 0.15) is 0 Å². The lowest BCUT2D eigenvalue weighted by atomic mass is 10.1. The van der Waals surface area contributed by atoms with E-state index in [9.17, 15) is 14.7 Å². The zero-order chi connectivity index (χ0) is 19.2. The maximum Gasteiger partial charge on any atom is 0.335 e. The van der Waals surface area contributed by atoms with Gasteiger partial charge in [-0.25, -0.2) is 4.79 Å². The van der Waals surface area contributed by atoms with Gasteiger partial charge in [0.2, 0.25) is 11.2 Å². The van der Waals surface area contributed by atoms with Crippen LogP contribution in [0.1, 0.15) is 27.2 Å². The van der Waals surface area contributed by atoms with Gasteiger partial charge in [0, 0.05) is 22.9 Å². The van der Waals surface area contributed by atoms with Crippen LogP contribution in [0.25, 0.3) is 0 Å². The van der Waals surface area contributed by atoms with Crippen LogP contribution >= 0.6 is 0 Å². The average Bonchev–Trinajstić information content (AvgIpc) is 2.68. The Morgan fingerprint density at radius 2 is 1.56 bits per heavy atom. The van der Waals surface area contributed by atoms with Crippen molar-refractivity contribution in [1.29, 1.82) is 0 Å². The Morgan fingerprint density at radius 3 is 2.15 bits per heavy atom. The second-order valence-electron chi connectivity index (χ2n) is 5.62. The molecule has 0 aliphatic rings. The first-order chi connectivity index (χ1) is 13.0. The maximum atomic E-state index is 11.4. The number of nitrogens with one attached hydrogen (secondary N) is 1. The average molecular weight is 361 g/mol. The Balaban J connectivity index is 1.64. The molecule has 0 unspecified atom stereocenters. The number of hydrogen-bond acceptors (Lipinski definition) is 5. The predicted octanol–water partition coefficient (Wildman–Crippen LogP) is 3.06. The summed E-state index contributed by atoms with van der Waals surface area (Å²) in [5.74, 6) is 4.76. The Hall–Kier alpha value is -3.98. The molecule has 0 saturated carbocycles. The van der Waals surface area contributed by atoms with E-state index in [1.807, 2.05) is 24.3 Å². The second-order valence-corrected chi connectivity index (χ2v) is 5.62. The van der Waals surface area contributed by atoms with Gasteiger partial charge in [-0.3, -0.25) is 4.79 Å². The van der Waals surface area contributed by atoms with Gasteiger partial charge in [0.25, 0.3) is 0 Å². The van der Waals surface area contributed by atoms with Gasteiger partial charge in [-0.15, -0.1) is 0 Å². The van der Waals surface area contributed by atoms with Crippen molar-refractivity contribution in [2.45, 2.75) is 6.54 Å². The van der Waals surface area contributed by atoms with Crippen molar-refractivity contribution in [3.05, 3.63) is 93.5 Å². The lowest BCUT2D eigenvalue weighted by Crippen LogP contribution is -2.05. The molecule has 0 atom stereocenters. The first-order valence-electron chi connectivity index (χ1n) is 8.02. The van der Waals surface area contributed by atoms with Crippen molar-refractivity contribution in [2.24, 2.45) is 0 Å². The summed E-state index contributed by atoms with van der Waals surface area (Å²) < 4.78 is 5.12. The molecule has 6 nitrogen and oxygen atoms in total. The summed E-state index contributed by atoms with van der Waals surface area (Å²) in [7, 11) is 0. The van der Waals surface area contributed by atoms with Crippen molar-refractivity contribution in [3.63, 3.8) is 0 Å². The van der Waals surface area contributed by atoms with Crippen molar-refractivity contribution < 1.29 is 19.4 Å². The molecule has 0 aliphatic heterocycles. The predicted molar refractivity (Wildman–Crippen MR) is 99.8 cm³/mol. The van der Waals surface area contributed by atoms with Gasteiger partial charge >= 0.3 is 5.97 Å². The molecule has 0 saturated heterocycles. The number of carbonyl (C=O) groups is 1. The number of rotatable bonds is 4. The van der Waals surface area contributed by atoms with Crippen LogP contribution in [0.5, 0.6) is 5.75 Å². The van der Waals surface area contributed by atoms with E-state index in [0.29, 0.717) is 0 Å². The summed E-state index contributed by atoms with van der Waals surface area (Å²) >= 11 is 0. The Bertz CT molecular complexity index is 1070. The van der Waals surface area contributed by atoms with Gasteiger partial charge in [0.15, 0.2) is 5.76 Å². The zero-order valence-electron chi connectivity index (χ0n) is 14.1. The third-order valence-electron chi connectivity index (χ3n) is 3.75. The first kappa shape index (κ1) is 17.8. The molecule has 3 aromatic rings. The highest BCUT2D eigenvalue weighted by Gasteiger charge is 2.06. The van der Waals surface area contributed by atoms with Crippen LogP contribution in [0.2, 0.25) is 0 Å². The lowest BCUT2D eigenvalue weighted by Gasteiger charge is -2.06. The van der Waals surface area contributed by atoms with Crippen LogP contribution in [-0.4, -0.2) is 16.2 Å². The number of benzene rings is 2. The lowest BCUT2D eigenvalue weighted by molar-refractivity contribution is 0.0697. The van der Waals surface area contributed by atoms with E-state index in [-0.39, 0.29) is 17.9 Å². The minimum Gasteiger partial charge on any atom is -0.502 e. The molecule has 0 fully saturated rings. The molecule has 2 aromatic carbocycles. The zero-order valence-corrected chi connectivity index (χ0v) is 14.1. The molecule has 0 amide bonds. The number of carboxylic acid groups (broad SMARTS) is 1. The molecule has 6 heteroatoms. The Morgan fingerprint density at radius 1 is 0.963 bits per heavy atom. The number of aromatic carboxylic acids is 1. The summed E-state index contributed by atoms with van der Waals surface area (Å²) in [6.45, 7) is 0.170. The highest BCUT2D eigenvalue weighted by atomic mass is 16.4. The molecule has 0 spiro atoms. The number of hydrogen-bond donors (Lipinski definition) is 3. The molecular weight excluding hydrogens is 346 g/mol. The summed E-state index contributed by atoms with van der Waals surface area (Å²) in [6, 6.07) is 14.8. The molecule has 134 valence electrons. The summed E-state index contributed by atoms with van der Waals surface area (Å²) in [5, 5.41) is 21.6. The van der Waals surface area contributed by atoms with Crippen LogP contribution in [0.3, 0.4) is 0 Å². The molecule has 1 aromatic heterocycles. The highest BCUT2D eigenvalue weighted by Crippen LogP contribution is 2.15. The molecule has 0 aliphatic carbocycles. The SMILES string of the molecule is O=C(O)c1ccc(C#Cc2ccc(NCc3occc(=O)c3O)cc2)cc1. The molecule has 27 heavy (non-hydrogen) atoms. The fraction of sp³-hybridized carbons (Fsp3) is 0.0476. The van der Waals surface area contributed by atoms with Crippen LogP contribution in [0.15, 0.2) is 70.1 Å². The largest absolute Gasteiger partial charge is 0.502 e. The Kier molecular flexibility index (Phi) is 5.24. The van der Waals surface area contributed by atoms with Crippen molar-refractivity contribution in [1.82, 2.24) is 0 Å². The van der Waals surface area contributed by atoms with Gasteiger partial charge in [-0.05, 0) is 48.5 Å². The maximum absolute atomic E-state index is 11.4. The second kappa shape index (κ2) is 7.93. The van der Waals surface area contributed by atoms with Crippen LogP contribution in [0, 0.1) is 11.8 Å². The van der Waals surface area contributed by atoms with E-state index in [0.717, 1.165) is 22.9 Å². The summed E-state index contributed by atoms with van der Waals surface area (Å²) in [4.78, 5) is 22.2. The van der Waals surface area contributed by atoms with Crippen molar-refractivity contribution in [2.75, 3.05) is 5.32 Å². The van der Waals surface area contributed by atoms with Gasteiger partial charge in [-0.2, -0.15) is 0 Å². The van der Waals surface area contributed by atoms with Crippen LogP contribution in [0.4, 0.5) is 5.69 Å². The van der Waals surface area contributed by atoms with Crippen LogP contribution < -0.4 is 10.7 Å². The van der Waals surface area contributed by atoms with Gasteiger partial charge in [-0.1, -0.05) is 11.8 Å². The van der Waals surface area contributed by atoms with E-state index in [4.69, 9.17) is 9.52 Å². The fourth-order valence-corrected chi connectivity index (χ4v) is 2.27. The number of carboxylic acids is 1. The van der Waals surface area contributed by atoms with E-state index in [2.05, 4.69) is 17.2 Å². The Labute approximate surface area is 154 Å². The van der Waals surface area contributed by atoms with Crippen molar-refractivity contribution in [3.8, 4) is 17.6 Å². The molecular formula is C21H15NO5. The molecule has 3 N–H and O–H groups in total. The van der Waals surface area contributed by atoms with E-state index < -0.39 is 17.1 Å². The van der Waals surface area contributed by atoms with Crippen LogP contribution in [-0.2, 0) is 6.54 Å². The smallest absolute Gasteiger partial charge is 0.335 e. The number of aromatic hydroxyl groups is 1. The normalized spacial score (nSPS) is 9.93. The van der Waals surface area contributed by atoms with E-state index in [1.165, 1.54) is 18.4 Å². The molecule has 3 rings (SSSR count). The van der Waals surface area contributed by atoms with E-state index >= 15 is 0 Å². The quantitative estimate of drug-likeness (QED) is 0.618. The molecule has 0 radical (unpaired) electrons. The highest BCUT2D eigenvalue weighted by molar-refractivity contribution is 5.87. The minimum atomic E-state index is -0.972. The summed E-state index contributed by atoms with van der Waals surface area (Å²) in [6.07, 6.45) is 1.24.